The number of aldehydes is 1. The molecule has 1 nitrogen and oxygen atoms in total. The topological polar surface area (TPSA) is 17.1 Å². The van der Waals surface area contributed by atoms with Crippen LogP contribution in [-0.4, -0.2) is 6.29 Å². The Labute approximate surface area is 112 Å². The predicted molar refractivity (Wildman–Crippen MR) is 67.0 cm³/mol. The third-order valence-corrected chi connectivity index (χ3v) is 2.98. The summed E-state index contributed by atoms with van der Waals surface area (Å²) in [5.41, 5.74) is 0.601. The quantitative estimate of drug-likeness (QED) is 0.579. The van der Waals surface area contributed by atoms with Crippen LogP contribution in [0.2, 0.25) is 0 Å². The third kappa shape index (κ3) is 2.71. The van der Waals surface area contributed by atoms with Crippen molar-refractivity contribution < 1.29 is 22.4 Å². The van der Waals surface area contributed by atoms with Gasteiger partial charge in [-0.25, -0.2) is 4.39 Å². The molecule has 0 unspecified atom stereocenters. The van der Waals surface area contributed by atoms with E-state index in [9.17, 15) is 22.4 Å². The molecule has 0 N–H and O–H groups in total. The van der Waals surface area contributed by atoms with E-state index in [2.05, 4.69) is 0 Å². The minimum atomic E-state index is -4.42. The van der Waals surface area contributed by atoms with Crippen LogP contribution in [0.5, 0.6) is 0 Å². The van der Waals surface area contributed by atoms with Gasteiger partial charge in [0.05, 0.1) is 5.56 Å². The highest BCUT2D eigenvalue weighted by Crippen LogP contribution is 2.34. The second-order valence-electron chi connectivity index (χ2n) is 4.38. The van der Waals surface area contributed by atoms with Gasteiger partial charge in [0.15, 0.2) is 6.29 Å². The molecule has 0 heterocycles. The van der Waals surface area contributed by atoms with Crippen LogP contribution >= 0.6 is 0 Å². The minimum absolute atomic E-state index is 0.104. The van der Waals surface area contributed by atoms with Crippen LogP contribution < -0.4 is 0 Å². The van der Waals surface area contributed by atoms with E-state index in [1.165, 1.54) is 25.1 Å². The number of carbonyl (C=O) groups excluding carboxylic acids is 1. The van der Waals surface area contributed by atoms with E-state index in [1.54, 1.807) is 0 Å². The molecule has 0 atom stereocenters. The Kier molecular flexibility index (Phi) is 3.61. The molecule has 5 heteroatoms. The normalized spacial score (nSPS) is 11.4. The molecule has 0 radical (unpaired) electrons. The average molecular weight is 282 g/mol. The fourth-order valence-electron chi connectivity index (χ4n) is 2.02. The predicted octanol–water partition coefficient (Wildman–Crippen LogP) is 4.63. The number of benzene rings is 2. The lowest BCUT2D eigenvalue weighted by Gasteiger charge is -2.12. The first-order chi connectivity index (χ1) is 9.32. The zero-order valence-electron chi connectivity index (χ0n) is 10.5. The van der Waals surface area contributed by atoms with Crippen molar-refractivity contribution in [2.45, 2.75) is 13.1 Å². The molecule has 0 fully saturated rings. The Morgan fingerprint density at radius 1 is 1.00 bits per heavy atom. The Balaban J connectivity index is 2.57. The number of halogens is 4. The van der Waals surface area contributed by atoms with Crippen LogP contribution in [0.25, 0.3) is 11.1 Å². The van der Waals surface area contributed by atoms with E-state index in [-0.39, 0.29) is 5.56 Å². The van der Waals surface area contributed by atoms with Gasteiger partial charge in [0.2, 0.25) is 0 Å². The lowest BCUT2D eigenvalue weighted by atomic mass is 9.95. The van der Waals surface area contributed by atoms with Gasteiger partial charge < -0.3 is 0 Å². The van der Waals surface area contributed by atoms with E-state index in [0.29, 0.717) is 23.0 Å². The molecule has 2 aromatic carbocycles. The van der Waals surface area contributed by atoms with E-state index in [4.69, 9.17) is 0 Å². The molecule has 2 aromatic rings. The summed E-state index contributed by atoms with van der Waals surface area (Å²) >= 11 is 0. The standard InChI is InChI=1S/C15H10F4O/c1-9-6-11(15(17,18)19)2-4-13(9)14-5-3-12(16)7-10(14)8-20/h2-8H,1H3. The van der Waals surface area contributed by atoms with Crippen LogP contribution in [0.4, 0.5) is 17.6 Å². The van der Waals surface area contributed by atoms with Gasteiger partial charge in [0.25, 0.3) is 0 Å². The Bertz CT molecular complexity index is 659. The Morgan fingerprint density at radius 2 is 1.65 bits per heavy atom. The molecule has 0 aliphatic heterocycles. The number of rotatable bonds is 2. The Hall–Kier alpha value is -2.17. The fraction of sp³-hybridized carbons (Fsp3) is 0.133. The van der Waals surface area contributed by atoms with Crippen molar-refractivity contribution in [2.75, 3.05) is 0 Å². The highest BCUT2D eigenvalue weighted by molar-refractivity contribution is 5.88. The SMILES string of the molecule is Cc1cc(C(F)(F)F)ccc1-c1ccc(F)cc1C=O. The number of carbonyl (C=O) groups is 1. The van der Waals surface area contributed by atoms with Crippen LogP contribution in [0.3, 0.4) is 0 Å². The van der Waals surface area contributed by atoms with Crippen LogP contribution in [0, 0.1) is 12.7 Å². The maximum atomic E-state index is 13.1. The summed E-state index contributed by atoms with van der Waals surface area (Å²) in [5.74, 6) is -0.569. The molecule has 104 valence electrons. The molecule has 0 aromatic heterocycles. The first kappa shape index (κ1) is 14.2. The molecule has 0 aliphatic rings. The molecule has 0 saturated heterocycles. The molecule has 0 amide bonds. The molecule has 0 aliphatic carbocycles. The maximum absolute atomic E-state index is 13.1. The van der Waals surface area contributed by atoms with Crippen LogP contribution in [-0.2, 0) is 6.18 Å². The van der Waals surface area contributed by atoms with Crippen molar-refractivity contribution in [3.8, 4) is 11.1 Å². The Morgan fingerprint density at radius 3 is 2.20 bits per heavy atom. The molecule has 20 heavy (non-hydrogen) atoms. The first-order valence-electron chi connectivity index (χ1n) is 5.76. The van der Waals surface area contributed by atoms with E-state index in [0.717, 1.165) is 18.2 Å². The number of hydrogen-bond donors (Lipinski definition) is 0. The van der Waals surface area contributed by atoms with Gasteiger partial charge in [0, 0.05) is 5.56 Å². The third-order valence-electron chi connectivity index (χ3n) is 2.98. The fourth-order valence-corrected chi connectivity index (χ4v) is 2.02. The number of hydrogen-bond acceptors (Lipinski definition) is 1. The summed E-state index contributed by atoms with van der Waals surface area (Å²) < 4.78 is 50.8. The van der Waals surface area contributed by atoms with Crippen molar-refractivity contribution in [2.24, 2.45) is 0 Å². The van der Waals surface area contributed by atoms with Gasteiger partial charge in [-0.15, -0.1) is 0 Å². The summed E-state index contributed by atoms with van der Waals surface area (Å²) in [6.07, 6.45) is -3.94. The molecule has 0 spiro atoms. The van der Waals surface area contributed by atoms with E-state index in [1.807, 2.05) is 0 Å². The summed E-state index contributed by atoms with van der Waals surface area (Å²) in [4.78, 5) is 10.9. The van der Waals surface area contributed by atoms with Crippen molar-refractivity contribution in [3.63, 3.8) is 0 Å². The smallest absolute Gasteiger partial charge is 0.298 e. The molecule has 0 bridgehead atoms. The van der Waals surface area contributed by atoms with E-state index < -0.39 is 17.6 Å². The van der Waals surface area contributed by atoms with Gasteiger partial charge in [-0.3, -0.25) is 4.79 Å². The second kappa shape index (κ2) is 5.07. The number of aryl methyl sites for hydroxylation is 1. The second-order valence-corrected chi connectivity index (χ2v) is 4.38. The molecule has 2 rings (SSSR count). The molecular formula is C15H10F4O. The van der Waals surface area contributed by atoms with Gasteiger partial charge in [-0.2, -0.15) is 13.2 Å². The van der Waals surface area contributed by atoms with Gasteiger partial charge in [-0.1, -0.05) is 12.1 Å². The molecule has 0 saturated carbocycles. The van der Waals surface area contributed by atoms with Gasteiger partial charge in [0.1, 0.15) is 5.82 Å². The average Bonchev–Trinajstić information content (AvgIpc) is 2.38. The lowest BCUT2D eigenvalue weighted by molar-refractivity contribution is -0.137. The number of alkyl halides is 3. The highest BCUT2D eigenvalue weighted by Gasteiger charge is 2.30. The summed E-state index contributed by atoms with van der Waals surface area (Å²) in [6, 6.07) is 6.85. The maximum Gasteiger partial charge on any atom is 0.416 e. The zero-order valence-corrected chi connectivity index (χ0v) is 10.5. The zero-order chi connectivity index (χ0) is 14.9. The lowest BCUT2D eigenvalue weighted by Crippen LogP contribution is -2.05. The summed E-state index contributed by atoms with van der Waals surface area (Å²) in [6.45, 7) is 1.52. The van der Waals surface area contributed by atoms with Crippen LogP contribution in [0.15, 0.2) is 36.4 Å². The summed E-state index contributed by atoms with van der Waals surface area (Å²) in [5, 5.41) is 0. The van der Waals surface area contributed by atoms with E-state index >= 15 is 0 Å². The van der Waals surface area contributed by atoms with Gasteiger partial charge >= 0.3 is 6.18 Å². The summed E-state index contributed by atoms with van der Waals surface area (Å²) in [7, 11) is 0. The van der Waals surface area contributed by atoms with Crippen molar-refractivity contribution in [1.29, 1.82) is 0 Å². The largest absolute Gasteiger partial charge is 0.416 e. The minimum Gasteiger partial charge on any atom is -0.298 e. The van der Waals surface area contributed by atoms with Crippen LogP contribution in [0.1, 0.15) is 21.5 Å². The van der Waals surface area contributed by atoms with Crippen molar-refractivity contribution in [3.05, 3.63) is 58.9 Å². The highest BCUT2D eigenvalue weighted by atomic mass is 19.4. The first-order valence-corrected chi connectivity index (χ1v) is 5.76. The molecular weight excluding hydrogens is 272 g/mol. The van der Waals surface area contributed by atoms with Crippen molar-refractivity contribution >= 4 is 6.29 Å². The monoisotopic (exact) mass is 282 g/mol. The van der Waals surface area contributed by atoms with Gasteiger partial charge in [-0.05, 0) is 47.9 Å². The van der Waals surface area contributed by atoms with Crippen molar-refractivity contribution in [1.82, 2.24) is 0 Å².